The van der Waals surface area contributed by atoms with Gasteiger partial charge in [-0.3, -0.25) is 4.79 Å². The third kappa shape index (κ3) is 5.77. The van der Waals surface area contributed by atoms with Gasteiger partial charge in [0.05, 0.1) is 38.4 Å². The Morgan fingerprint density at radius 2 is 2.28 bits per heavy atom. The third-order valence-electron chi connectivity index (χ3n) is 2.74. The lowest BCUT2D eigenvalue weighted by molar-refractivity contribution is -0.209. The number of aliphatic hydroxyl groups is 2. The molecule has 1 heterocycles. The van der Waals surface area contributed by atoms with Crippen molar-refractivity contribution in [2.75, 3.05) is 19.8 Å². The summed E-state index contributed by atoms with van der Waals surface area (Å²) in [5.41, 5.74) is 0. The average molecular weight is 262 g/mol. The Balaban J connectivity index is 2.20. The van der Waals surface area contributed by atoms with Gasteiger partial charge in [-0.05, 0) is 13.8 Å². The lowest BCUT2D eigenvalue weighted by Gasteiger charge is -2.25. The van der Waals surface area contributed by atoms with Crippen molar-refractivity contribution < 1.29 is 29.2 Å². The van der Waals surface area contributed by atoms with Crippen molar-refractivity contribution in [3.63, 3.8) is 0 Å². The second kappa shape index (κ2) is 7.04. The minimum atomic E-state index is -1.39. The molecule has 6 nitrogen and oxygen atoms in total. The standard InChI is InChI=1S/C12H22O6/c1-3-16-11(14)4-5-12(2,15)18-8-10-6-9(13)7-17-10/h9-10,13,15H,3-8H2,1-2H3/t9-,10+,12-/m0/s1. The summed E-state index contributed by atoms with van der Waals surface area (Å²) in [6, 6.07) is 0. The number of hydrogen-bond donors (Lipinski definition) is 2. The highest BCUT2D eigenvalue weighted by atomic mass is 16.6. The number of aliphatic hydroxyl groups excluding tert-OH is 1. The molecule has 0 saturated carbocycles. The van der Waals surface area contributed by atoms with E-state index in [4.69, 9.17) is 14.2 Å². The van der Waals surface area contributed by atoms with E-state index in [1.165, 1.54) is 6.92 Å². The van der Waals surface area contributed by atoms with Gasteiger partial charge in [0.15, 0.2) is 5.79 Å². The normalized spacial score (nSPS) is 26.9. The Morgan fingerprint density at radius 1 is 1.56 bits per heavy atom. The van der Waals surface area contributed by atoms with Gasteiger partial charge in [-0.25, -0.2) is 0 Å². The Bertz CT molecular complexity index is 265. The predicted molar refractivity (Wildman–Crippen MR) is 62.8 cm³/mol. The van der Waals surface area contributed by atoms with Crippen molar-refractivity contribution >= 4 is 5.97 Å². The first-order chi connectivity index (χ1) is 8.43. The molecule has 3 atom stereocenters. The highest BCUT2D eigenvalue weighted by Crippen LogP contribution is 2.19. The summed E-state index contributed by atoms with van der Waals surface area (Å²) in [7, 11) is 0. The molecule has 1 saturated heterocycles. The first kappa shape index (κ1) is 15.4. The quantitative estimate of drug-likeness (QED) is 0.504. The highest BCUT2D eigenvalue weighted by Gasteiger charge is 2.28. The molecule has 0 aromatic rings. The van der Waals surface area contributed by atoms with Gasteiger partial charge in [0.2, 0.25) is 0 Å². The molecule has 0 bridgehead atoms. The zero-order valence-corrected chi connectivity index (χ0v) is 10.9. The summed E-state index contributed by atoms with van der Waals surface area (Å²) in [4.78, 5) is 11.1. The van der Waals surface area contributed by atoms with Gasteiger partial charge >= 0.3 is 5.97 Å². The fraction of sp³-hybridized carbons (Fsp3) is 0.917. The van der Waals surface area contributed by atoms with E-state index < -0.39 is 11.9 Å². The summed E-state index contributed by atoms with van der Waals surface area (Å²) in [6.07, 6.45) is 0.126. The van der Waals surface area contributed by atoms with Gasteiger partial charge in [-0.1, -0.05) is 0 Å². The van der Waals surface area contributed by atoms with Crippen LogP contribution in [0.2, 0.25) is 0 Å². The topological polar surface area (TPSA) is 85.2 Å². The van der Waals surface area contributed by atoms with Gasteiger partial charge in [0.1, 0.15) is 0 Å². The van der Waals surface area contributed by atoms with E-state index in [1.54, 1.807) is 6.92 Å². The summed E-state index contributed by atoms with van der Waals surface area (Å²) in [5, 5.41) is 19.2. The fourth-order valence-electron chi connectivity index (χ4n) is 1.71. The summed E-state index contributed by atoms with van der Waals surface area (Å²) < 4.78 is 15.3. The zero-order valence-electron chi connectivity index (χ0n) is 10.9. The van der Waals surface area contributed by atoms with Crippen LogP contribution in [0, 0.1) is 0 Å². The molecule has 1 aliphatic heterocycles. The van der Waals surface area contributed by atoms with Crippen LogP contribution >= 0.6 is 0 Å². The Labute approximate surface area is 107 Å². The molecule has 1 aliphatic rings. The molecule has 0 aromatic heterocycles. The van der Waals surface area contributed by atoms with Crippen molar-refractivity contribution in [3.8, 4) is 0 Å². The first-order valence-electron chi connectivity index (χ1n) is 6.24. The smallest absolute Gasteiger partial charge is 0.305 e. The van der Waals surface area contributed by atoms with Crippen LogP contribution in [0.25, 0.3) is 0 Å². The van der Waals surface area contributed by atoms with E-state index in [0.29, 0.717) is 19.6 Å². The molecule has 6 heteroatoms. The van der Waals surface area contributed by atoms with Crippen LogP contribution < -0.4 is 0 Å². The van der Waals surface area contributed by atoms with Gasteiger partial charge in [0.25, 0.3) is 0 Å². The molecular weight excluding hydrogens is 240 g/mol. The summed E-state index contributed by atoms with van der Waals surface area (Å²) >= 11 is 0. The van der Waals surface area contributed by atoms with Crippen LogP contribution in [0.4, 0.5) is 0 Å². The molecule has 0 radical (unpaired) electrons. The van der Waals surface area contributed by atoms with Crippen molar-refractivity contribution in [1.82, 2.24) is 0 Å². The largest absolute Gasteiger partial charge is 0.466 e. The molecule has 1 rings (SSSR count). The molecule has 0 spiro atoms. The number of ether oxygens (including phenoxy) is 3. The molecule has 0 aliphatic carbocycles. The van der Waals surface area contributed by atoms with Gasteiger partial charge in [-0.15, -0.1) is 0 Å². The number of rotatable bonds is 7. The number of carbonyl (C=O) groups excluding carboxylic acids is 1. The maximum absolute atomic E-state index is 11.1. The Kier molecular flexibility index (Phi) is 6.01. The highest BCUT2D eigenvalue weighted by molar-refractivity contribution is 5.69. The van der Waals surface area contributed by atoms with Gasteiger partial charge < -0.3 is 24.4 Å². The summed E-state index contributed by atoms with van der Waals surface area (Å²) in [6.45, 7) is 4.06. The van der Waals surface area contributed by atoms with Crippen LogP contribution in [0.5, 0.6) is 0 Å². The minimum Gasteiger partial charge on any atom is -0.466 e. The minimum absolute atomic E-state index is 0.106. The van der Waals surface area contributed by atoms with Crippen LogP contribution in [-0.4, -0.2) is 54.0 Å². The lowest BCUT2D eigenvalue weighted by atomic mass is 10.1. The van der Waals surface area contributed by atoms with Crippen molar-refractivity contribution in [3.05, 3.63) is 0 Å². The van der Waals surface area contributed by atoms with E-state index in [2.05, 4.69) is 0 Å². The first-order valence-corrected chi connectivity index (χ1v) is 6.24. The fourth-order valence-corrected chi connectivity index (χ4v) is 1.71. The molecule has 0 aromatic carbocycles. The van der Waals surface area contributed by atoms with E-state index >= 15 is 0 Å². The van der Waals surface area contributed by atoms with E-state index in [1.807, 2.05) is 0 Å². The second-order valence-electron chi connectivity index (χ2n) is 4.64. The van der Waals surface area contributed by atoms with Crippen LogP contribution in [0.3, 0.4) is 0 Å². The molecule has 2 N–H and O–H groups in total. The predicted octanol–water partition coefficient (Wildman–Crippen LogP) is 0.205. The number of carbonyl (C=O) groups is 1. The maximum Gasteiger partial charge on any atom is 0.305 e. The molecule has 106 valence electrons. The van der Waals surface area contributed by atoms with E-state index in [9.17, 15) is 15.0 Å². The van der Waals surface area contributed by atoms with E-state index in [0.717, 1.165) is 0 Å². The SMILES string of the molecule is CCOC(=O)CC[C@@](C)(O)OC[C@H]1C[C@H](O)CO1. The van der Waals surface area contributed by atoms with Crippen molar-refractivity contribution in [1.29, 1.82) is 0 Å². The number of esters is 1. The van der Waals surface area contributed by atoms with E-state index in [-0.39, 0.29) is 31.5 Å². The van der Waals surface area contributed by atoms with Crippen LogP contribution in [0.1, 0.15) is 33.1 Å². The molecule has 18 heavy (non-hydrogen) atoms. The monoisotopic (exact) mass is 262 g/mol. The molecule has 0 amide bonds. The van der Waals surface area contributed by atoms with Crippen molar-refractivity contribution in [2.45, 2.75) is 51.1 Å². The summed E-state index contributed by atoms with van der Waals surface area (Å²) in [5.74, 6) is -1.74. The average Bonchev–Trinajstić information content (AvgIpc) is 2.71. The molecule has 1 fully saturated rings. The number of hydrogen-bond acceptors (Lipinski definition) is 6. The van der Waals surface area contributed by atoms with Crippen LogP contribution in [-0.2, 0) is 19.0 Å². The molecule has 0 unspecified atom stereocenters. The zero-order chi connectivity index (χ0) is 13.6. The maximum atomic E-state index is 11.1. The van der Waals surface area contributed by atoms with Gasteiger partial charge in [0, 0.05) is 12.8 Å². The Hall–Kier alpha value is -0.690. The van der Waals surface area contributed by atoms with Crippen LogP contribution in [0.15, 0.2) is 0 Å². The Morgan fingerprint density at radius 3 is 2.83 bits per heavy atom. The molecular formula is C12H22O6. The van der Waals surface area contributed by atoms with Crippen molar-refractivity contribution in [2.24, 2.45) is 0 Å². The second-order valence-corrected chi connectivity index (χ2v) is 4.64. The third-order valence-corrected chi connectivity index (χ3v) is 2.74. The van der Waals surface area contributed by atoms with Gasteiger partial charge in [-0.2, -0.15) is 0 Å². The lowest BCUT2D eigenvalue weighted by Crippen LogP contribution is -2.33.